The number of rotatable bonds is 8. The highest BCUT2D eigenvalue weighted by atomic mass is 16.5. The summed E-state index contributed by atoms with van der Waals surface area (Å²) in [4.78, 5) is 10.7. The zero-order chi connectivity index (χ0) is 12.8. The first-order valence-corrected chi connectivity index (χ1v) is 5.91. The van der Waals surface area contributed by atoms with E-state index in [-0.39, 0.29) is 6.10 Å². The van der Waals surface area contributed by atoms with Gasteiger partial charge in [0.1, 0.15) is 5.54 Å². The van der Waals surface area contributed by atoms with Crippen molar-refractivity contribution in [3.8, 4) is 0 Å². The molecule has 0 saturated heterocycles. The molecule has 0 amide bonds. The molecule has 0 aliphatic carbocycles. The summed E-state index contributed by atoms with van der Waals surface area (Å²) >= 11 is 0. The first-order chi connectivity index (χ1) is 7.27. The Labute approximate surface area is 98.2 Å². The van der Waals surface area contributed by atoms with Crippen LogP contribution in [-0.4, -0.2) is 29.3 Å². The molecule has 96 valence electrons. The summed E-state index contributed by atoms with van der Waals surface area (Å²) in [6.45, 7) is 8.51. The number of hydrogen-bond acceptors (Lipinski definition) is 3. The molecule has 0 bridgehead atoms. The molecular formula is C12H25NO3. The fourth-order valence-corrected chi connectivity index (χ4v) is 1.16. The molecule has 2 atom stereocenters. The van der Waals surface area contributed by atoms with Gasteiger partial charge in [0.25, 0.3) is 0 Å². The first kappa shape index (κ1) is 15.4. The monoisotopic (exact) mass is 231 g/mol. The van der Waals surface area contributed by atoms with Gasteiger partial charge in [-0.15, -0.1) is 0 Å². The lowest BCUT2D eigenvalue weighted by Crippen LogP contribution is -2.44. The highest BCUT2D eigenvalue weighted by Crippen LogP contribution is 2.12. The van der Waals surface area contributed by atoms with Crippen molar-refractivity contribution in [3.63, 3.8) is 0 Å². The second-order valence-corrected chi connectivity index (χ2v) is 5.00. The van der Waals surface area contributed by atoms with Gasteiger partial charge in [0.2, 0.25) is 0 Å². The molecule has 0 aliphatic rings. The molecule has 0 spiro atoms. The standard InChI is InChI=1S/C12H25NO3/c1-9(2)10(3)16-8-6-5-7-12(4,13)11(14)15/h9-10H,5-8,13H2,1-4H3,(H,14,15). The van der Waals surface area contributed by atoms with Gasteiger partial charge in [0.05, 0.1) is 6.10 Å². The number of aliphatic carboxylic acids is 1. The second-order valence-electron chi connectivity index (χ2n) is 5.00. The topological polar surface area (TPSA) is 72.5 Å². The van der Waals surface area contributed by atoms with E-state index in [4.69, 9.17) is 15.6 Å². The molecule has 3 N–H and O–H groups in total. The van der Waals surface area contributed by atoms with Crippen LogP contribution in [-0.2, 0) is 9.53 Å². The zero-order valence-electron chi connectivity index (χ0n) is 10.8. The quantitative estimate of drug-likeness (QED) is 0.627. The summed E-state index contributed by atoms with van der Waals surface area (Å²) in [6.07, 6.45) is 2.38. The van der Waals surface area contributed by atoms with Crippen molar-refractivity contribution >= 4 is 5.97 Å². The predicted octanol–water partition coefficient (Wildman–Crippen LogP) is 2.02. The summed E-state index contributed by atoms with van der Waals surface area (Å²) < 4.78 is 5.59. The van der Waals surface area contributed by atoms with Crippen molar-refractivity contribution in [2.24, 2.45) is 11.7 Å². The van der Waals surface area contributed by atoms with E-state index >= 15 is 0 Å². The maximum atomic E-state index is 10.7. The number of ether oxygens (including phenoxy) is 1. The molecule has 2 unspecified atom stereocenters. The molecule has 0 saturated carbocycles. The third-order valence-electron chi connectivity index (χ3n) is 2.90. The Morgan fingerprint density at radius 1 is 1.38 bits per heavy atom. The van der Waals surface area contributed by atoms with Crippen LogP contribution in [0.5, 0.6) is 0 Å². The Bertz CT molecular complexity index is 214. The van der Waals surface area contributed by atoms with E-state index in [9.17, 15) is 4.79 Å². The van der Waals surface area contributed by atoms with Gasteiger partial charge >= 0.3 is 5.97 Å². The van der Waals surface area contributed by atoms with Crippen LogP contribution in [0.4, 0.5) is 0 Å². The maximum absolute atomic E-state index is 10.7. The van der Waals surface area contributed by atoms with Crippen molar-refractivity contribution in [1.82, 2.24) is 0 Å². The van der Waals surface area contributed by atoms with Gasteiger partial charge in [-0.2, -0.15) is 0 Å². The summed E-state index contributed by atoms with van der Waals surface area (Å²) in [5.41, 5.74) is 4.50. The lowest BCUT2D eigenvalue weighted by molar-refractivity contribution is -0.143. The molecule has 16 heavy (non-hydrogen) atoms. The molecular weight excluding hydrogens is 206 g/mol. The minimum absolute atomic E-state index is 0.253. The zero-order valence-corrected chi connectivity index (χ0v) is 10.8. The van der Waals surface area contributed by atoms with Gasteiger partial charge in [-0.3, -0.25) is 4.79 Å². The van der Waals surface area contributed by atoms with Crippen molar-refractivity contribution in [1.29, 1.82) is 0 Å². The summed E-state index contributed by atoms with van der Waals surface area (Å²) in [5, 5.41) is 8.80. The van der Waals surface area contributed by atoms with Gasteiger partial charge in [-0.25, -0.2) is 0 Å². The fraction of sp³-hybridized carbons (Fsp3) is 0.917. The van der Waals surface area contributed by atoms with Crippen molar-refractivity contribution < 1.29 is 14.6 Å². The van der Waals surface area contributed by atoms with E-state index in [0.717, 1.165) is 12.8 Å². The normalized spacial score (nSPS) is 17.1. The minimum atomic E-state index is -1.11. The van der Waals surface area contributed by atoms with Crippen molar-refractivity contribution in [3.05, 3.63) is 0 Å². The lowest BCUT2D eigenvalue weighted by Gasteiger charge is -2.19. The van der Waals surface area contributed by atoms with E-state index < -0.39 is 11.5 Å². The van der Waals surface area contributed by atoms with Crippen LogP contribution >= 0.6 is 0 Å². The van der Waals surface area contributed by atoms with E-state index in [0.29, 0.717) is 18.9 Å². The second kappa shape index (κ2) is 6.86. The number of unbranched alkanes of at least 4 members (excludes halogenated alkanes) is 1. The average molecular weight is 231 g/mol. The van der Waals surface area contributed by atoms with Gasteiger partial charge in [-0.05, 0) is 39.0 Å². The number of carboxylic acids is 1. The molecule has 0 heterocycles. The van der Waals surface area contributed by atoms with Gasteiger partial charge in [0.15, 0.2) is 0 Å². The minimum Gasteiger partial charge on any atom is -0.480 e. The van der Waals surface area contributed by atoms with Crippen LogP contribution in [0.3, 0.4) is 0 Å². The SMILES string of the molecule is CC(C)C(C)OCCCCC(C)(N)C(=O)O. The summed E-state index contributed by atoms with van der Waals surface area (Å²) in [7, 11) is 0. The van der Waals surface area contributed by atoms with E-state index in [2.05, 4.69) is 20.8 Å². The first-order valence-electron chi connectivity index (χ1n) is 5.91. The van der Waals surface area contributed by atoms with Crippen LogP contribution in [0.2, 0.25) is 0 Å². The molecule has 0 fully saturated rings. The Balaban J connectivity index is 3.58. The molecule has 0 aromatic heterocycles. The third kappa shape index (κ3) is 6.08. The van der Waals surface area contributed by atoms with Gasteiger partial charge in [-0.1, -0.05) is 13.8 Å². The summed E-state index contributed by atoms with van der Waals surface area (Å²) in [5.74, 6) is -0.428. The Morgan fingerprint density at radius 2 is 1.94 bits per heavy atom. The fourth-order valence-electron chi connectivity index (χ4n) is 1.16. The molecule has 0 rings (SSSR count). The Morgan fingerprint density at radius 3 is 2.38 bits per heavy atom. The number of carboxylic acid groups (broad SMARTS) is 1. The van der Waals surface area contributed by atoms with E-state index in [1.54, 1.807) is 6.92 Å². The van der Waals surface area contributed by atoms with Gasteiger partial charge < -0.3 is 15.6 Å². The largest absolute Gasteiger partial charge is 0.480 e. The average Bonchev–Trinajstić information content (AvgIpc) is 2.16. The Kier molecular flexibility index (Phi) is 6.60. The molecule has 0 aliphatic heterocycles. The van der Waals surface area contributed by atoms with Crippen molar-refractivity contribution in [2.45, 2.75) is 58.6 Å². The maximum Gasteiger partial charge on any atom is 0.323 e. The van der Waals surface area contributed by atoms with Crippen LogP contribution in [0, 0.1) is 5.92 Å². The summed E-state index contributed by atoms with van der Waals surface area (Å²) in [6, 6.07) is 0. The third-order valence-corrected chi connectivity index (χ3v) is 2.90. The number of nitrogens with two attached hydrogens (primary N) is 1. The van der Waals surface area contributed by atoms with E-state index in [1.165, 1.54) is 0 Å². The van der Waals surface area contributed by atoms with Crippen LogP contribution in [0.1, 0.15) is 47.0 Å². The number of hydrogen-bond donors (Lipinski definition) is 2. The smallest absolute Gasteiger partial charge is 0.323 e. The highest BCUT2D eigenvalue weighted by molar-refractivity contribution is 5.77. The molecule has 0 radical (unpaired) electrons. The Hall–Kier alpha value is -0.610. The lowest BCUT2D eigenvalue weighted by atomic mass is 9.96. The van der Waals surface area contributed by atoms with Gasteiger partial charge in [0, 0.05) is 6.61 Å². The highest BCUT2D eigenvalue weighted by Gasteiger charge is 2.26. The van der Waals surface area contributed by atoms with Crippen LogP contribution < -0.4 is 5.73 Å². The number of carbonyl (C=O) groups is 1. The molecule has 0 aromatic carbocycles. The van der Waals surface area contributed by atoms with E-state index in [1.807, 2.05) is 0 Å². The van der Waals surface area contributed by atoms with Crippen LogP contribution in [0.25, 0.3) is 0 Å². The van der Waals surface area contributed by atoms with Crippen LogP contribution in [0.15, 0.2) is 0 Å². The molecule has 4 heteroatoms. The molecule has 4 nitrogen and oxygen atoms in total. The van der Waals surface area contributed by atoms with Crippen molar-refractivity contribution in [2.75, 3.05) is 6.61 Å². The molecule has 0 aromatic rings. The predicted molar refractivity (Wildman–Crippen MR) is 64.3 cm³/mol.